The molecule has 2 rings (SSSR count). The number of rotatable bonds is 4. The molecule has 1 fully saturated rings. The van der Waals surface area contributed by atoms with E-state index in [1.165, 1.54) is 0 Å². The van der Waals surface area contributed by atoms with E-state index in [9.17, 15) is 14.7 Å². The van der Waals surface area contributed by atoms with Crippen LogP contribution in [-0.2, 0) is 11.8 Å². The molecule has 0 spiro atoms. The minimum atomic E-state index is -1.15. The van der Waals surface area contributed by atoms with E-state index in [1.54, 1.807) is 17.8 Å². The number of amides is 1. The molecule has 0 aliphatic heterocycles. The molecule has 1 heterocycles. The van der Waals surface area contributed by atoms with Crippen LogP contribution in [0, 0.1) is 0 Å². The van der Waals surface area contributed by atoms with Gasteiger partial charge in [-0.2, -0.15) is 5.10 Å². The Morgan fingerprint density at radius 3 is 2.32 bits per heavy atom. The molecule has 1 aliphatic rings. The van der Waals surface area contributed by atoms with Crippen molar-refractivity contribution in [3.63, 3.8) is 0 Å². The summed E-state index contributed by atoms with van der Waals surface area (Å²) >= 11 is 0. The first kappa shape index (κ1) is 16.5. The van der Waals surface area contributed by atoms with Gasteiger partial charge in [0.15, 0.2) is 0 Å². The van der Waals surface area contributed by atoms with E-state index in [-0.39, 0.29) is 11.6 Å². The molecule has 1 aromatic rings. The second-order valence-electron chi connectivity index (χ2n) is 6.49. The number of aryl methyl sites for hydroxylation is 1. The van der Waals surface area contributed by atoms with Crippen molar-refractivity contribution in [2.75, 3.05) is 0 Å². The maximum absolute atomic E-state index is 12.5. The van der Waals surface area contributed by atoms with Crippen LogP contribution < -0.4 is 5.32 Å². The SMILES string of the molecule is CC(C)c1cc(C(=O)NC2(C(=O)O)CCCCCC2)nn1C. The number of carbonyl (C=O) groups excluding carboxylic acids is 1. The highest BCUT2D eigenvalue weighted by Gasteiger charge is 2.40. The van der Waals surface area contributed by atoms with Crippen molar-refractivity contribution in [2.45, 2.75) is 63.8 Å². The topological polar surface area (TPSA) is 84.2 Å². The van der Waals surface area contributed by atoms with Crippen LogP contribution in [0.15, 0.2) is 6.07 Å². The zero-order valence-electron chi connectivity index (χ0n) is 13.6. The van der Waals surface area contributed by atoms with E-state index >= 15 is 0 Å². The number of hydrogen-bond donors (Lipinski definition) is 2. The Kier molecular flexibility index (Phi) is 4.88. The maximum atomic E-state index is 12.5. The van der Waals surface area contributed by atoms with Crippen molar-refractivity contribution in [3.8, 4) is 0 Å². The maximum Gasteiger partial charge on any atom is 0.329 e. The second kappa shape index (κ2) is 6.50. The van der Waals surface area contributed by atoms with Crippen molar-refractivity contribution >= 4 is 11.9 Å². The van der Waals surface area contributed by atoms with Gasteiger partial charge in [-0.15, -0.1) is 0 Å². The number of carboxylic acid groups (broad SMARTS) is 1. The van der Waals surface area contributed by atoms with Gasteiger partial charge in [-0.1, -0.05) is 39.5 Å². The lowest BCUT2D eigenvalue weighted by molar-refractivity contribution is -0.145. The zero-order chi connectivity index (χ0) is 16.3. The zero-order valence-corrected chi connectivity index (χ0v) is 13.6. The summed E-state index contributed by atoms with van der Waals surface area (Å²) in [5, 5.41) is 16.6. The summed E-state index contributed by atoms with van der Waals surface area (Å²) in [5.41, 5.74) is 0.0924. The van der Waals surface area contributed by atoms with E-state index in [1.807, 2.05) is 13.8 Å². The molecule has 2 N–H and O–H groups in total. The van der Waals surface area contributed by atoms with Gasteiger partial charge in [-0.05, 0) is 24.8 Å². The molecule has 0 atom stereocenters. The summed E-state index contributed by atoms with van der Waals surface area (Å²) in [7, 11) is 1.80. The van der Waals surface area contributed by atoms with Crippen molar-refractivity contribution in [2.24, 2.45) is 7.05 Å². The van der Waals surface area contributed by atoms with Gasteiger partial charge in [0.05, 0.1) is 0 Å². The molecule has 1 aromatic heterocycles. The van der Waals surface area contributed by atoms with Crippen LogP contribution in [0.3, 0.4) is 0 Å². The van der Waals surface area contributed by atoms with Crippen LogP contribution >= 0.6 is 0 Å². The molecule has 0 radical (unpaired) electrons. The highest BCUT2D eigenvalue weighted by atomic mass is 16.4. The molecule has 0 aromatic carbocycles. The fourth-order valence-electron chi connectivity index (χ4n) is 3.14. The van der Waals surface area contributed by atoms with Gasteiger partial charge in [0.2, 0.25) is 0 Å². The third-order valence-electron chi connectivity index (χ3n) is 4.46. The Bertz CT molecular complexity index is 555. The molecule has 6 heteroatoms. The van der Waals surface area contributed by atoms with E-state index in [2.05, 4.69) is 10.4 Å². The molecule has 1 amide bonds. The lowest BCUT2D eigenvalue weighted by Crippen LogP contribution is -2.54. The molecule has 1 saturated carbocycles. The van der Waals surface area contributed by atoms with Crippen molar-refractivity contribution in [1.29, 1.82) is 0 Å². The Balaban J connectivity index is 2.21. The number of carboxylic acids is 1. The van der Waals surface area contributed by atoms with E-state index < -0.39 is 17.4 Å². The highest BCUT2D eigenvalue weighted by molar-refractivity contribution is 5.96. The summed E-state index contributed by atoms with van der Waals surface area (Å²) in [6.07, 6.45) is 4.66. The molecule has 122 valence electrons. The monoisotopic (exact) mass is 307 g/mol. The smallest absolute Gasteiger partial charge is 0.329 e. The first-order valence-electron chi connectivity index (χ1n) is 7.95. The summed E-state index contributed by atoms with van der Waals surface area (Å²) < 4.78 is 1.68. The Hall–Kier alpha value is -1.85. The third kappa shape index (κ3) is 3.31. The minimum Gasteiger partial charge on any atom is -0.480 e. The van der Waals surface area contributed by atoms with Crippen LogP contribution in [0.5, 0.6) is 0 Å². The molecule has 0 saturated heterocycles. The lowest BCUT2D eigenvalue weighted by atomic mass is 9.90. The summed E-state index contributed by atoms with van der Waals surface area (Å²) in [5.74, 6) is -1.08. The quantitative estimate of drug-likeness (QED) is 0.837. The van der Waals surface area contributed by atoms with E-state index in [0.29, 0.717) is 12.8 Å². The third-order valence-corrected chi connectivity index (χ3v) is 4.46. The van der Waals surface area contributed by atoms with Crippen LogP contribution in [0.1, 0.15) is 74.5 Å². The molecular weight excluding hydrogens is 282 g/mol. The highest BCUT2D eigenvalue weighted by Crippen LogP contribution is 2.28. The van der Waals surface area contributed by atoms with E-state index in [0.717, 1.165) is 31.4 Å². The Morgan fingerprint density at radius 1 is 1.27 bits per heavy atom. The number of carbonyl (C=O) groups is 2. The molecule has 0 bridgehead atoms. The van der Waals surface area contributed by atoms with Crippen LogP contribution in [0.4, 0.5) is 0 Å². The number of nitrogens with zero attached hydrogens (tertiary/aromatic N) is 2. The average molecular weight is 307 g/mol. The molecule has 1 aliphatic carbocycles. The Labute approximate surface area is 130 Å². The number of hydrogen-bond acceptors (Lipinski definition) is 3. The predicted molar refractivity (Wildman–Crippen MR) is 82.8 cm³/mol. The van der Waals surface area contributed by atoms with Gasteiger partial charge >= 0.3 is 5.97 Å². The number of aromatic nitrogens is 2. The van der Waals surface area contributed by atoms with Crippen molar-refractivity contribution in [3.05, 3.63) is 17.5 Å². The van der Waals surface area contributed by atoms with Gasteiger partial charge in [-0.25, -0.2) is 4.79 Å². The summed E-state index contributed by atoms with van der Waals surface area (Å²) in [4.78, 5) is 24.2. The van der Waals surface area contributed by atoms with E-state index in [4.69, 9.17) is 0 Å². The largest absolute Gasteiger partial charge is 0.480 e. The first-order valence-corrected chi connectivity index (χ1v) is 7.95. The second-order valence-corrected chi connectivity index (χ2v) is 6.49. The first-order chi connectivity index (χ1) is 10.4. The van der Waals surface area contributed by atoms with Gasteiger partial charge in [0.1, 0.15) is 11.2 Å². The van der Waals surface area contributed by atoms with Gasteiger partial charge < -0.3 is 10.4 Å². The van der Waals surface area contributed by atoms with Crippen LogP contribution in [-0.4, -0.2) is 32.3 Å². The normalized spacial score (nSPS) is 18.0. The molecule has 6 nitrogen and oxygen atoms in total. The Morgan fingerprint density at radius 2 is 1.86 bits per heavy atom. The van der Waals surface area contributed by atoms with Gasteiger partial charge in [0, 0.05) is 12.7 Å². The number of nitrogens with one attached hydrogen (secondary N) is 1. The van der Waals surface area contributed by atoms with Crippen LogP contribution in [0.25, 0.3) is 0 Å². The van der Waals surface area contributed by atoms with Crippen molar-refractivity contribution in [1.82, 2.24) is 15.1 Å². The number of aliphatic carboxylic acids is 1. The average Bonchev–Trinajstić information content (AvgIpc) is 2.68. The molecule has 0 unspecified atom stereocenters. The fraction of sp³-hybridized carbons (Fsp3) is 0.688. The molecule has 22 heavy (non-hydrogen) atoms. The predicted octanol–water partition coefficient (Wildman–Crippen LogP) is 2.45. The summed E-state index contributed by atoms with van der Waals surface area (Å²) in [6, 6.07) is 1.74. The van der Waals surface area contributed by atoms with Gasteiger partial charge in [-0.3, -0.25) is 9.48 Å². The van der Waals surface area contributed by atoms with Crippen molar-refractivity contribution < 1.29 is 14.7 Å². The standard InChI is InChI=1S/C16H25N3O3/c1-11(2)13-10-12(18-19(13)3)14(20)17-16(15(21)22)8-6-4-5-7-9-16/h10-11H,4-9H2,1-3H3,(H,17,20)(H,21,22). The minimum absolute atomic E-state index is 0.255. The van der Waals surface area contributed by atoms with Gasteiger partial charge in [0.25, 0.3) is 5.91 Å². The summed E-state index contributed by atoms with van der Waals surface area (Å²) in [6.45, 7) is 4.06. The molecular formula is C16H25N3O3. The fourth-order valence-corrected chi connectivity index (χ4v) is 3.14. The van der Waals surface area contributed by atoms with Crippen LogP contribution in [0.2, 0.25) is 0 Å². The lowest BCUT2D eigenvalue weighted by Gasteiger charge is -2.28.